The molecule has 5 heteroatoms. The van der Waals surface area contributed by atoms with Crippen LogP contribution in [0.5, 0.6) is 0 Å². The molecule has 0 radical (unpaired) electrons. The second kappa shape index (κ2) is 6.53. The van der Waals surface area contributed by atoms with Gasteiger partial charge in [0.15, 0.2) is 5.78 Å². The summed E-state index contributed by atoms with van der Waals surface area (Å²) >= 11 is 0. The van der Waals surface area contributed by atoms with Gasteiger partial charge in [-0.1, -0.05) is 48.5 Å². The zero-order valence-electron chi connectivity index (χ0n) is 14.5. The number of amides is 1. The van der Waals surface area contributed by atoms with Crippen molar-refractivity contribution in [2.24, 2.45) is 0 Å². The van der Waals surface area contributed by atoms with Gasteiger partial charge in [0.25, 0.3) is 5.91 Å². The summed E-state index contributed by atoms with van der Waals surface area (Å²) in [5, 5.41) is 2.73. The molecule has 0 fully saturated rings. The number of nitrogens with one attached hydrogen (secondary N) is 1. The summed E-state index contributed by atoms with van der Waals surface area (Å²) in [6, 6.07) is 19.0. The highest BCUT2D eigenvalue weighted by atomic mass is 16.5. The van der Waals surface area contributed by atoms with Crippen LogP contribution < -0.4 is 5.32 Å². The van der Waals surface area contributed by atoms with Gasteiger partial charge in [0, 0.05) is 11.1 Å². The summed E-state index contributed by atoms with van der Waals surface area (Å²) in [6.07, 6.45) is 0. The molecule has 0 bridgehead atoms. The van der Waals surface area contributed by atoms with E-state index in [1.165, 1.54) is 7.11 Å². The Kier molecular flexibility index (Phi) is 4.05. The molecule has 0 atom stereocenters. The number of benzene rings is 3. The summed E-state index contributed by atoms with van der Waals surface area (Å²) in [6.45, 7) is 0. The van der Waals surface area contributed by atoms with Crippen molar-refractivity contribution < 1.29 is 19.1 Å². The molecular weight excluding hydrogens is 342 g/mol. The molecule has 0 spiro atoms. The molecule has 1 N–H and O–H groups in total. The fourth-order valence-electron chi connectivity index (χ4n) is 3.33. The van der Waals surface area contributed by atoms with Crippen molar-refractivity contribution in [1.82, 2.24) is 0 Å². The number of rotatable bonds is 3. The van der Waals surface area contributed by atoms with E-state index < -0.39 is 11.9 Å². The first-order chi connectivity index (χ1) is 13.1. The highest BCUT2D eigenvalue weighted by molar-refractivity contribution is 6.27. The number of carbonyl (C=O) groups excluding carboxylic acids is 3. The molecular formula is C22H15NO4. The van der Waals surface area contributed by atoms with Gasteiger partial charge in [-0.3, -0.25) is 9.59 Å². The van der Waals surface area contributed by atoms with E-state index in [2.05, 4.69) is 5.32 Å². The van der Waals surface area contributed by atoms with Gasteiger partial charge in [0.05, 0.1) is 23.9 Å². The van der Waals surface area contributed by atoms with E-state index in [1.807, 2.05) is 18.2 Å². The normalized spacial score (nSPS) is 11.5. The van der Waals surface area contributed by atoms with E-state index in [1.54, 1.807) is 48.5 Å². The summed E-state index contributed by atoms with van der Waals surface area (Å²) < 4.78 is 4.75. The van der Waals surface area contributed by atoms with Gasteiger partial charge in [-0.2, -0.15) is 0 Å². The molecule has 3 aromatic carbocycles. The average molecular weight is 357 g/mol. The number of ether oxygens (including phenoxy) is 1. The smallest absolute Gasteiger partial charge is 0.339 e. The fraction of sp³-hybridized carbons (Fsp3) is 0.0455. The number of esters is 1. The topological polar surface area (TPSA) is 72.5 Å². The zero-order chi connectivity index (χ0) is 19.0. The van der Waals surface area contributed by atoms with Crippen molar-refractivity contribution >= 4 is 23.3 Å². The minimum atomic E-state index is -0.548. The Morgan fingerprint density at radius 1 is 0.778 bits per heavy atom. The Labute approximate surface area is 155 Å². The number of fused-ring (bicyclic) bond motifs is 3. The van der Waals surface area contributed by atoms with E-state index in [9.17, 15) is 14.4 Å². The number of anilines is 1. The molecule has 1 aliphatic rings. The van der Waals surface area contributed by atoms with Crippen LogP contribution in [0.3, 0.4) is 0 Å². The number of ketones is 1. The van der Waals surface area contributed by atoms with Crippen molar-refractivity contribution in [1.29, 1.82) is 0 Å². The lowest BCUT2D eigenvalue weighted by atomic mass is 10.00. The van der Waals surface area contributed by atoms with Gasteiger partial charge in [0.2, 0.25) is 0 Å². The van der Waals surface area contributed by atoms with Crippen LogP contribution in [-0.4, -0.2) is 24.8 Å². The van der Waals surface area contributed by atoms with Crippen LogP contribution in [0.4, 0.5) is 5.69 Å². The van der Waals surface area contributed by atoms with Crippen LogP contribution in [0.25, 0.3) is 11.1 Å². The van der Waals surface area contributed by atoms with Crippen LogP contribution in [0.15, 0.2) is 66.7 Å². The molecule has 0 heterocycles. The van der Waals surface area contributed by atoms with Crippen molar-refractivity contribution in [2.75, 3.05) is 12.4 Å². The predicted molar refractivity (Wildman–Crippen MR) is 101 cm³/mol. The number of para-hydroxylation sites is 1. The van der Waals surface area contributed by atoms with Crippen LogP contribution in [-0.2, 0) is 4.74 Å². The Morgan fingerprint density at radius 2 is 1.41 bits per heavy atom. The Bertz CT molecular complexity index is 1100. The first-order valence-corrected chi connectivity index (χ1v) is 8.37. The van der Waals surface area contributed by atoms with Gasteiger partial charge < -0.3 is 10.1 Å². The van der Waals surface area contributed by atoms with E-state index in [-0.39, 0.29) is 16.9 Å². The molecule has 3 aromatic rings. The van der Waals surface area contributed by atoms with E-state index >= 15 is 0 Å². The Morgan fingerprint density at radius 3 is 2.19 bits per heavy atom. The van der Waals surface area contributed by atoms with Crippen LogP contribution in [0, 0.1) is 0 Å². The van der Waals surface area contributed by atoms with Gasteiger partial charge >= 0.3 is 5.97 Å². The summed E-state index contributed by atoms with van der Waals surface area (Å²) in [7, 11) is 1.28. The largest absolute Gasteiger partial charge is 0.465 e. The lowest BCUT2D eigenvalue weighted by Gasteiger charge is -2.11. The summed E-state index contributed by atoms with van der Waals surface area (Å²) in [4.78, 5) is 37.7. The maximum atomic E-state index is 12.9. The fourth-order valence-corrected chi connectivity index (χ4v) is 3.33. The minimum absolute atomic E-state index is 0.174. The highest BCUT2D eigenvalue weighted by Gasteiger charge is 2.30. The Balaban J connectivity index is 1.74. The molecule has 5 nitrogen and oxygen atoms in total. The lowest BCUT2D eigenvalue weighted by Crippen LogP contribution is -2.18. The second-order valence-corrected chi connectivity index (χ2v) is 6.09. The van der Waals surface area contributed by atoms with Gasteiger partial charge in [-0.05, 0) is 29.3 Å². The lowest BCUT2D eigenvalue weighted by molar-refractivity contribution is 0.0602. The molecule has 0 saturated heterocycles. The molecule has 1 amide bonds. The monoisotopic (exact) mass is 357 g/mol. The first-order valence-electron chi connectivity index (χ1n) is 8.37. The van der Waals surface area contributed by atoms with Crippen molar-refractivity contribution in [3.05, 3.63) is 89.0 Å². The zero-order valence-corrected chi connectivity index (χ0v) is 14.5. The molecule has 0 aliphatic heterocycles. The maximum Gasteiger partial charge on any atom is 0.339 e. The maximum absolute atomic E-state index is 12.9. The van der Waals surface area contributed by atoms with Crippen molar-refractivity contribution in [2.45, 2.75) is 0 Å². The van der Waals surface area contributed by atoms with Crippen LogP contribution >= 0.6 is 0 Å². The van der Waals surface area contributed by atoms with E-state index in [0.29, 0.717) is 16.8 Å². The molecule has 1 aliphatic carbocycles. The molecule has 0 saturated carbocycles. The van der Waals surface area contributed by atoms with E-state index in [4.69, 9.17) is 4.74 Å². The standard InChI is InChI=1S/C22H15NO4/c1-27-22(26)16-9-4-5-12-18(16)23-21(25)17-11-6-10-14-13-7-2-3-8-15(13)20(24)19(14)17/h2-12H,1H3,(H,23,25). The molecule has 0 unspecified atom stereocenters. The van der Waals surface area contributed by atoms with Crippen LogP contribution in [0.2, 0.25) is 0 Å². The average Bonchev–Trinajstić information content (AvgIpc) is 3.00. The predicted octanol–water partition coefficient (Wildman–Crippen LogP) is 3.94. The molecule has 4 rings (SSSR count). The number of carbonyl (C=O) groups is 3. The molecule has 0 aromatic heterocycles. The highest BCUT2D eigenvalue weighted by Crippen LogP contribution is 2.38. The third-order valence-corrected chi connectivity index (χ3v) is 4.58. The first kappa shape index (κ1) is 16.7. The van der Waals surface area contributed by atoms with Crippen molar-refractivity contribution in [3.63, 3.8) is 0 Å². The second-order valence-electron chi connectivity index (χ2n) is 6.09. The van der Waals surface area contributed by atoms with Crippen LogP contribution in [0.1, 0.15) is 36.6 Å². The number of methoxy groups -OCH3 is 1. The third kappa shape index (κ3) is 2.69. The van der Waals surface area contributed by atoms with Crippen molar-refractivity contribution in [3.8, 4) is 11.1 Å². The Hall–Kier alpha value is -3.73. The molecule has 132 valence electrons. The molecule has 27 heavy (non-hydrogen) atoms. The van der Waals surface area contributed by atoms with E-state index in [0.717, 1.165) is 11.1 Å². The van der Waals surface area contributed by atoms with Gasteiger partial charge in [0.1, 0.15) is 0 Å². The van der Waals surface area contributed by atoms with Gasteiger partial charge in [-0.25, -0.2) is 4.79 Å². The third-order valence-electron chi connectivity index (χ3n) is 4.58. The number of hydrogen-bond donors (Lipinski definition) is 1. The quantitative estimate of drug-likeness (QED) is 0.564. The summed E-state index contributed by atoms with van der Waals surface area (Å²) in [5.74, 6) is -1.18. The SMILES string of the molecule is COC(=O)c1ccccc1NC(=O)c1cccc2c1C(=O)c1ccccc1-2. The minimum Gasteiger partial charge on any atom is -0.465 e. The number of hydrogen-bond acceptors (Lipinski definition) is 4. The van der Waals surface area contributed by atoms with Gasteiger partial charge in [-0.15, -0.1) is 0 Å². The summed E-state index contributed by atoms with van der Waals surface area (Å²) in [5.41, 5.74) is 3.37.